The zero-order chi connectivity index (χ0) is 27.2. The molecule has 1 unspecified atom stereocenters. The van der Waals surface area contributed by atoms with Gasteiger partial charge in [-0.15, -0.1) is 0 Å². The fraction of sp³-hybridized carbons (Fsp3) is 0.897. The lowest BCUT2D eigenvalue weighted by atomic mass is 9.41. The average Bonchev–Trinajstić information content (AvgIpc) is 3.08. The Morgan fingerprint density at radius 2 is 1.81 bits per heavy atom. The number of aliphatic hydroxyl groups is 4. The summed E-state index contributed by atoms with van der Waals surface area (Å²) in [5, 5.41) is 46.4. The summed E-state index contributed by atoms with van der Waals surface area (Å²) in [6.07, 6.45) is 4.26. The second kappa shape index (κ2) is 8.82. The lowest BCUT2D eigenvalue weighted by Gasteiger charge is -2.67. The maximum atomic E-state index is 12.6. The Labute approximate surface area is 220 Å². The Bertz CT molecular complexity index is 968. The predicted octanol–water partition coefficient (Wildman–Crippen LogP) is 2.64. The molecule has 0 spiro atoms. The highest BCUT2D eigenvalue weighted by Crippen LogP contribution is 2.72. The van der Waals surface area contributed by atoms with Crippen molar-refractivity contribution in [2.45, 2.75) is 133 Å². The van der Waals surface area contributed by atoms with Crippen LogP contribution < -0.4 is 0 Å². The lowest BCUT2D eigenvalue weighted by molar-refractivity contribution is -0.302. The Morgan fingerprint density at radius 3 is 2.46 bits per heavy atom. The Kier molecular flexibility index (Phi) is 6.60. The second-order valence-electron chi connectivity index (χ2n) is 13.2. The first kappa shape index (κ1) is 27.7. The molecule has 210 valence electrons. The quantitative estimate of drug-likeness (QED) is 0.415. The average molecular weight is 523 g/mol. The summed E-state index contributed by atoms with van der Waals surface area (Å²) < 4.78 is 17.8. The van der Waals surface area contributed by atoms with Gasteiger partial charge in [-0.3, -0.25) is 4.79 Å². The van der Waals surface area contributed by atoms with Gasteiger partial charge in [0.25, 0.3) is 0 Å². The zero-order valence-corrected chi connectivity index (χ0v) is 23.2. The van der Waals surface area contributed by atoms with Crippen LogP contribution in [0.4, 0.5) is 0 Å². The minimum absolute atomic E-state index is 0.0425. The highest BCUT2D eigenvalue weighted by molar-refractivity contribution is 5.86. The van der Waals surface area contributed by atoms with Crippen molar-refractivity contribution in [1.82, 2.24) is 0 Å². The molecule has 5 aliphatic rings. The molecule has 0 bridgehead atoms. The molecule has 0 radical (unpaired) electrons. The maximum absolute atomic E-state index is 12.6. The molecule has 1 aliphatic heterocycles. The first-order valence-electron chi connectivity index (χ1n) is 14.1. The molecular formula is C29H46O8. The molecule has 0 amide bonds. The fourth-order valence-electron chi connectivity index (χ4n) is 9.27. The zero-order valence-electron chi connectivity index (χ0n) is 23.2. The van der Waals surface area contributed by atoms with Crippen molar-refractivity contribution >= 4 is 5.78 Å². The number of carbonyl (C=O) groups is 1. The molecule has 5 rings (SSSR count). The Hall–Kier alpha value is -0.870. The van der Waals surface area contributed by atoms with Crippen LogP contribution in [-0.4, -0.2) is 80.8 Å². The number of hydrogen-bond donors (Lipinski definition) is 4. The van der Waals surface area contributed by atoms with E-state index in [1.807, 2.05) is 20.8 Å². The Morgan fingerprint density at radius 1 is 1.11 bits per heavy atom. The summed E-state index contributed by atoms with van der Waals surface area (Å²) in [5.74, 6) is -0.681. The third-order valence-electron chi connectivity index (χ3n) is 11.9. The van der Waals surface area contributed by atoms with E-state index in [1.54, 1.807) is 7.11 Å². The van der Waals surface area contributed by atoms with Gasteiger partial charge in [0, 0.05) is 24.9 Å². The number of Topliss-reactive ketones (excluding diaryl/α,β-unsaturated/α-hetero) is 1. The van der Waals surface area contributed by atoms with E-state index >= 15 is 0 Å². The van der Waals surface area contributed by atoms with Crippen LogP contribution in [-0.2, 0) is 19.0 Å². The van der Waals surface area contributed by atoms with Crippen molar-refractivity contribution in [3.05, 3.63) is 11.6 Å². The van der Waals surface area contributed by atoms with Crippen molar-refractivity contribution in [3.63, 3.8) is 0 Å². The highest BCUT2D eigenvalue weighted by Gasteiger charge is 2.79. The van der Waals surface area contributed by atoms with Gasteiger partial charge >= 0.3 is 0 Å². The van der Waals surface area contributed by atoms with Gasteiger partial charge in [-0.25, -0.2) is 0 Å². The fourth-order valence-corrected chi connectivity index (χ4v) is 9.27. The van der Waals surface area contributed by atoms with E-state index in [0.717, 1.165) is 19.3 Å². The topological polar surface area (TPSA) is 126 Å². The van der Waals surface area contributed by atoms with E-state index in [1.165, 1.54) is 12.5 Å². The summed E-state index contributed by atoms with van der Waals surface area (Å²) in [6, 6.07) is 0. The number of hydrogen-bond acceptors (Lipinski definition) is 8. The molecule has 4 aliphatic carbocycles. The van der Waals surface area contributed by atoms with Crippen molar-refractivity contribution in [1.29, 1.82) is 0 Å². The van der Waals surface area contributed by atoms with Gasteiger partial charge in [-0.1, -0.05) is 32.4 Å². The normalized spacial score (nSPS) is 55.6. The van der Waals surface area contributed by atoms with Gasteiger partial charge in [0.05, 0.1) is 18.3 Å². The Balaban J connectivity index is 1.40. The minimum Gasteiger partial charge on any atom is -0.388 e. The molecule has 37 heavy (non-hydrogen) atoms. The van der Waals surface area contributed by atoms with E-state index in [0.29, 0.717) is 12.8 Å². The highest BCUT2D eigenvalue weighted by atomic mass is 16.7. The van der Waals surface area contributed by atoms with E-state index < -0.39 is 34.6 Å². The lowest BCUT2D eigenvalue weighted by Crippen LogP contribution is -2.76. The van der Waals surface area contributed by atoms with Crippen molar-refractivity contribution in [2.75, 3.05) is 7.11 Å². The summed E-state index contributed by atoms with van der Waals surface area (Å²) in [6.45, 7) is 9.25. The number of methoxy groups -OCH3 is 1. The number of fused-ring (bicyclic) bond motifs is 5. The number of ketones is 1. The second-order valence-corrected chi connectivity index (χ2v) is 13.2. The summed E-state index contributed by atoms with van der Waals surface area (Å²) in [4.78, 5) is 12.6. The SMILES string of the molecule is CO[C@H]1C[C@H](O[C@H]2CC[C@@]3(C)C(=CC[C@]4(O)C3C[C@@H](C)[C@@]3(C)[C@]4(O)CC[C@@]3(O)C(C)=O)C2)O[C@H](C)[C@H]1O. The first-order chi connectivity index (χ1) is 17.2. The summed E-state index contributed by atoms with van der Waals surface area (Å²) >= 11 is 0. The van der Waals surface area contributed by atoms with Gasteiger partial charge in [-0.05, 0) is 70.1 Å². The molecule has 4 N–H and O–H groups in total. The van der Waals surface area contributed by atoms with Gasteiger partial charge < -0.3 is 34.6 Å². The van der Waals surface area contributed by atoms with Crippen LogP contribution in [0.5, 0.6) is 0 Å². The predicted molar refractivity (Wildman–Crippen MR) is 135 cm³/mol. The molecule has 0 aromatic heterocycles. The van der Waals surface area contributed by atoms with Crippen LogP contribution in [0.15, 0.2) is 11.6 Å². The van der Waals surface area contributed by atoms with Crippen molar-refractivity contribution in [3.8, 4) is 0 Å². The standard InChI is InChI=1S/C29H46O8/c1-16-13-22-25(4)9-8-20(37-23-15-21(35-6)24(31)17(2)36-23)14-19(25)7-10-28(22,33)29(34)12-11-27(32,18(3)30)26(16,29)5/h7,16-17,20-24,31-34H,8-15H2,1-6H3/t16-,17-,20+,21+,22?,23+,24-,25+,26-,27-,28+,29-/m1/s1. The third kappa shape index (κ3) is 3.49. The van der Waals surface area contributed by atoms with Crippen molar-refractivity contribution < 1.29 is 39.4 Å². The van der Waals surface area contributed by atoms with Gasteiger partial charge in [0.15, 0.2) is 12.1 Å². The molecule has 3 saturated carbocycles. The van der Waals surface area contributed by atoms with Gasteiger partial charge in [0.2, 0.25) is 0 Å². The van der Waals surface area contributed by atoms with Crippen LogP contribution in [0.25, 0.3) is 0 Å². The molecule has 8 nitrogen and oxygen atoms in total. The minimum atomic E-state index is -1.65. The van der Waals surface area contributed by atoms with E-state index in [4.69, 9.17) is 14.2 Å². The smallest absolute Gasteiger partial charge is 0.161 e. The third-order valence-corrected chi connectivity index (χ3v) is 11.9. The first-order valence-corrected chi connectivity index (χ1v) is 14.1. The monoisotopic (exact) mass is 522 g/mol. The molecule has 1 saturated heterocycles. The molecule has 12 atom stereocenters. The largest absolute Gasteiger partial charge is 0.388 e. The molecular weight excluding hydrogens is 476 g/mol. The molecule has 4 fully saturated rings. The van der Waals surface area contributed by atoms with Crippen LogP contribution in [0.1, 0.15) is 86.0 Å². The molecule has 0 aromatic carbocycles. The van der Waals surface area contributed by atoms with Crippen molar-refractivity contribution in [2.24, 2.45) is 22.7 Å². The number of rotatable bonds is 4. The number of ether oxygens (including phenoxy) is 3. The summed E-state index contributed by atoms with van der Waals surface area (Å²) in [7, 11) is 1.59. The maximum Gasteiger partial charge on any atom is 0.161 e. The van der Waals surface area contributed by atoms with Crippen LogP contribution >= 0.6 is 0 Å². The molecule has 0 aromatic rings. The van der Waals surface area contributed by atoms with E-state index in [9.17, 15) is 25.2 Å². The molecule has 8 heteroatoms. The number of carbonyl (C=O) groups excluding carboxylic acids is 1. The van der Waals surface area contributed by atoms with Crippen LogP contribution in [0.3, 0.4) is 0 Å². The van der Waals surface area contributed by atoms with Gasteiger partial charge in [0.1, 0.15) is 22.9 Å². The molecule has 1 heterocycles. The van der Waals surface area contributed by atoms with Crippen LogP contribution in [0.2, 0.25) is 0 Å². The summed E-state index contributed by atoms with van der Waals surface area (Å²) in [5.41, 5.74) is -4.85. The van der Waals surface area contributed by atoms with E-state index in [-0.39, 0.29) is 60.6 Å². The van der Waals surface area contributed by atoms with Gasteiger partial charge in [-0.2, -0.15) is 0 Å². The van der Waals surface area contributed by atoms with Crippen LogP contribution in [0, 0.1) is 22.7 Å². The van der Waals surface area contributed by atoms with E-state index in [2.05, 4.69) is 13.0 Å². The number of aliphatic hydroxyl groups excluding tert-OH is 1.